The molecule has 1 aromatic heterocycles. The summed E-state index contributed by atoms with van der Waals surface area (Å²) in [7, 11) is 0. The van der Waals surface area contributed by atoms with Crippen LogP contribution in [0.15, 0.2) is 48.8 Å². The standard InChI is InChI=1S/C23H25N3O/c1-2-7-21-20(6-1)24-16-26(21)19-8-9-22-17(14-19)15-23(27-22)10-12-25(13-11-23)18-4-3-5-18/h1-2,6-9,14,16,18H,3-5,10-13,15H2. The molecule has 27 heavy (non-hydrogen) atoms. The van der Waals surface area contributed by atoms with E-state index in [9.17, 15) is 0 Å². The lowest BCUT2D eigenvalue weighted by Gasteiger charge is -2.45. The third kappa shape index (κ3) is 2.50. The van der Waals surface area contributed by atoms with Gasteiger partial charge in [-0.1, -0.05) is 18.6 Å². The molecule has 0 bridgehead atoms. The van der Waals surface area contributed by atoms with Gasteiger partial charge in [-0.2, -0.15) is 0 Å². The van der Waals surface area contributed by atoms with Crippen LogP contribution in [0.4, 0.5) is 0 Å². The summed E-state index contributed by atoms with van der Waals surface area (Å²) in [5, 5.41) is 0. The van der Waals surface area contributed by atoms with Crippen LogP contribution in [0.2, 0.25) is 0 Å². The van der Waals surface area contributed by atoms with Crippen molar-refractivity contribution in [3.05, 3.63) is 54.4 Å². The Bertz CT molecular complexity index is 996. The highest BCUT2D eigenvalue weighted by atomic mass is 16.5. The number of fused-ring (bicyclic) bond motifs is 2. The molecule has 3 heterocycles. The summed E-state index contributed by atoms with van der Waals surface area (Å²) in [6, 6.07) is 15.8. The van der Waals surface area contributed by atoms with E-state index < -0.39 is 0 Å². The number of para-hydroxylation sites is 2. The van der Waals surface area contributed by atoms with Gasteiger partial charge in [0.05, 0.1) is 11.0 Å². The molecule has 1 saturated heterocycles. The first kappa shape index (κ1) is 15.7. The Labute approximate surface area is 159 Å². The SMILES string of the molecule is c1ccc2c(c1)ncn2-c1ccc2c(c1)CC1(CCN(C3CCC3)CC1)O2. The first-order valence-electron chi connectivity index (χ1n) is 10.3. The number of aromatic nitrogens is 2. The summed E-state index contributed by atoms with van der Waals surface area (Å²) in [5.74, 6) is 1.08. The fourth-order valence-corrected chi connectivity index (χ4v) is 5.06. The van der Waals surface area contributed by atoms with E-state index >= 15 is 0 Å². The molecule has 0 atom stereocenters. The van der Waals surface area contributed by atoms with Crippen molar-refractivity contribution in [1.82, 2.24) is 14.5 Å². The van der Waals surface area contributed by atoms with E-state index in [0.717, 1.165) is 42.1 Å². The lowest BCUT2D eigenvalue weighted by atomic mass is 9.83. The maximum atomic E-state index is 6.52. The fraction of sp³-hybridized carbons (Fsp3) is 0.435. The monoisotopic (exact) mass is 359 g/mol. The minimum atomic E-state index is 0.0260. The Morgan fingerprint density at radius 3 is 2.70 bits per heavy atom. The molecule has 3 aliphatic rings. The Kier molecular flexibility index (Phi) is 3.39. The second-order valence-corrected chi connectivity index (χ2v) is 8.48. The molecule has 138 valence electrons. The minimum Gasteiger partial charge on any atom is -0.487 e. The minimum absolute atomic E-state index is 0.0260. The zero-order valence-corrected chi connectivity index (χ0v) is 15.6. The van der Waals surface area contributed by atoms with Crippen molar-refractivity contribution in [2.24, 2.45) is 0 Å². The molecule has 1 spiro atoms. The highest BCUT2D eigenvalue weighted by molar-refractivity contribution is 5.77. The number of rotatable bonds is 2. The second-order valence-electron chi connectivity index (χ2n) is 8.48. The number of ether oxygens (including phenoxy) is 1. The van der Waals surface area contributed by atoms with E-state index in [4.69, 9.17) is 4.74 Å². The number of imidazole rings is 1. The molecule has 0 radical (unpaired) electrons. The van der Waals surface area contributed by atoms with Gasteiger partial charge in [0.15, 0.2) is 0 Å². The number of piperidine rings is 1. The number of hydrogen-bond acceptors (Lipinski definition) is 3. The molecule has 1 saturated carbocycles. The second kappa shape index (κ2) is 5.83. The summed E-state index contributed by atoms with van der Waals surface area (Å²) in [6.07, 6.45) is 9.49. The van der Waals surface area contributed by atoms with Crippen molar-refractivity contribution in [1.29, 1.82) is 0 Å². The maximum absolute atomic E-state index is 6.52. The third-order valence-electron chi connectivity index (χ3n) is 6.92. The summed E-state index contributed by atoms with van der Waals surface area (Å²) in [6.45, 7) is 2.38. The fourth-order valence-electron chi connectivity index (χ4n) is 5.06. The van der Waals surface area contributed by atoms with Gasteiger partial charge in [0.2, 0.25) is 0 Å². The van der Waals surface area contributed by atoms with Crippen molar-refractivity contribution >= 4 is 11.0 Å². The van der Waals surface area contributed by atoms with E-state index in [-0.39, 0.29) is 5.60 Å². The quantitative estimate of drug-likeness (QED) is 0.681. The molecule has 1 aliphatic carbocycles. The van der Waals surface area contributed by atoms with Crippen LogP contribution in [0, 0.1) is 0 Å². The third-order valence-corrected chi connectivity index (χ3v) is 6.92. The predicted octanol–water partition coefficient (Wildman–Crippen LogP) is 4.35. The van der Waals surface area contributed by atoms with Gasteiger partial charge in [-0.25, -0.2) is 4.98 Å². The molecule has 6 rings (SSSR count). The molecule has 0 unspecified atom stereocenters. The van der Waals surface area contributed by atoms with Crippen LogP contribution in [0.5, 0.6) is 5.75 Å². The number of benzene rings is 2. The maximum Gasteiger partial charge on any atom is 0.123 e. The van der Waals surface area contributed by atoms with E-state index in [1.807, 2.05) is 12.4 Å². The molecule has 4 heteroatoms. The molecular weight excluding hydrogens is 334 g/mol. The normalized spacial score (nSPS) is 21.9. The summed E-state index contributed by atoms with van der Waals surface area (Å²) < 4.78 is 8.70. The molecule has 0 amide bonds. The van der Waals surface area contributed by atoms with E-state index in [1.165, 1.54) is 43.6 Å². The highest BCUT2D eigenvalue weighted by Gasteiger charge is 2.43. The Morgan fingerprint density at radius 1 is 1.04 bits per heavy atom. The molecule has 0 N–H and O–H groups in total. The zero-order valence-electron chi connectivity index (χ0n) is 15.6. The van der Waals surface area contributed by atoms with Gasteiger partial charge >= 0.3 is 0 Å². The van der Waals surface area contributed by atoms with E-state index in [2.05, 4.69) is 50.8 Å². The number of hydrogen-bond donors (Lipinski definition) is 0. The van der Waals surface area contributed by atoms with Crippen molar-refractivity contribution in [2.75, 3.05) is 13.1 Å². The Morgan fingerprint density at radius 2 is 1.89 bits per heavy atom. The molecule has 4 nitrogen and oxygen atoms in total. The Hall–Kier alpha value is -2.33. The van der Waals surface area contributed by atoms with Gasteiger partial charge in [-0.05, 0) is 43.2 Å². The van der Waals surface area contributed by atoms with Crippen LogP contribution in [0.25, 0.3) is 16.7 Å². The summed E-state index contributed by atoms with van der Waals surface area (Å²) in [5.41, 5.74) is 4.74. The van der Waals surface area contributed by atoms with Crippen LogP contribution in [-0.2, 0) is 6.42 Å². The largest absolute Gasteiger partial charge is 0.487 e. The molecule has 2 fully saturated rings. The van der Waals surface area contributed by atoms with Crippen molar-refractivity contribution in [3.8, 4) is 11.4 Å². The number of likely N-dealkylation sites (tertiary alicyclic amines) is 1. The molecule has 2 aromatic carbocycles. The first-order chi connectivity index (χ1) is 13.3. The predicted molar refractivity (Wildman–Crippen MR) is 107 cm³/mol. The average molecular weight is 359 g/mol. The van der Waals surface area contributed by atoms with Crippen molar-refractivity contribution in [3.63, 3.8) is 0 Å². The van der Waals surface area contributed by atoms with Crippen molar-refractivity contribution in [2.45, 2.75) is 50.2 Å². The van der Waals surface area contributed by atoms with Crippen LogP contribution in [-0.4, -0.2) is 39.2 Å². The topological polar surface area (TPSA) is 30.3 Å². The average Bonchev–Trinajstić information content (AvgIpc) is 3.23. The van der Waals surface area contributed by atoms with Gasteiger partial charge in [0, 0.05) is 49.6 Å². The molecule has 3 aromatic rings. The van der Waals surface area contributed by atoms with Gasteiger partial charge in [0.1, 0.15) is 17.7 Å². The van der Waals surface area contributed by atoms with E-state index in [1.54, 1.807) is 0 Å². The van der Waals surface area contributed by atoms with Crippen LogP contribution >= 0.6 is 0 Å². The molecule has 2 aliphatic heterocycles. The van der Waals surface area contributed by atoms with Crippen LogP contribution in [0.3, 0.4) is 0 Å². The summed E-state index contributed by atoms with van der Waals surface area (Å²) >= 11 is 0. The zero-order chi connectivity index (χ0) is 17.8. The van der Waals surface area contributed by atoms with Gasteiger partial charge in [-0.15, -0.1) is 0 Å². The summed E-state index contributed by atoms with van der Waals surface area (Å²) in [4.78, 5) is 7.24. The first-order valence-corrected chi connectivity index (χ1v) is 10.3. The molecular formula is C23H25N3O. The van der Waals surface area contributed by atoms with Crippen LogP contribution < -0.4 is 4.74 Å². The van der Waals surface area contributed by atoms with E-state index in [0.29, 0.717) is 0 Å². The van der Waals surface area contributed by atoms with Gasteiger partial charge in [-0.3, -0.25) is 4.57 Å². The smallest absolute Gasteiger partial charge is 0.123 e. The van der Waals surface area contributed by atoms with Gasteiger partial charge in [0.25, 0.3) is 0 Å². The lowest BCUT2D eigenvalue weighted by Crippen LogP contribution is -2.52. The number of nitrogens with zero attached hydrogens (tertiary/aromatic N) is 3. The Balaban J connectivity index is 1.26. The highest BCUT2D eigenvalue weighted by Crippen LogP contribution is 2.43. The van der Waals surface area contributed by atoms with Crippen molar-refractivity contribution < 1.29 is 4.74 Å². The van der Waals surface area contributed by atoms with Crippen LogP contribution in [0.1, 0.15) is 37.7 Å². The van der Waals surface area contributed by atoms with Gasteiger partial charge < -0.3 is 9.64 Å². The lowest BCUT2D eigenvalue weighted by molar-refractivity contribution is -0.00746.